The number of phenolic OH excluding ortho intramolecular Hbond substituents is 1. The summed E-state index contributed by atoms with van der Waals surface area (Å²) in [5.41, 5.74) is 0.863. The van der Waals surface area contributed by atoms with E-state index in [-0.39, 0.29) is 23.9 Å². The number of esters is 1. The van der Waals surface area contributed by atoms with E-state index >= 15 is 0 Å². The minimum absolute atomic E-state index is 0.001000. The Labute approximate surface area is 98.9 Å². The van der Waals surface area contributed by atoms with E-state index in [2.05, 4.69) is 0 Å². The van der Waals surface area contributed by atoms with Crippen molar-refractivity contribution in [3.8, 4) is 17.2 Å². The van der Waals surface area contributed by atoms with E-state index in [0.717, 1.165) is 5.56 Å². The van der Waals surface area contributed by atoms with Crippen LogP contribution in [-0.4, -0.2) is 24.0 Å². The zero-order valence-corrected chi connectivity index (χ0v) is 9.73. The lowest BCUT2D eigenvalue weighted by molar-refractivity contribution is -0.147. The monoisotopic (exact) mass is 238 g/mol. The molecule has 0 fully saturated rings. The van der Waals surface area contributed by atoms with Crippen molar-refractivity contribution in [3.05, 3.63) is 17.7 Å². The van der Waals surface area contributed by atoms with Crippen molar-refractivity contribution < 1.29 is 24.1 Å². The maximum Gasteiger partial charge on any atom is 0.313 e. The molecule has 1 aromatic rings. The van der Waals surface area contributed by atoms with Crippen LogP contribution < -0.4 is 9.47 Å². The van der Waals surface area contributed by atoms with Crippen LogP contribution in [0.2, 0.25) is 0 Å². The number of carbonyl (C=O) groups is 1. The molecule has 1 unspecified atom stereocenters. The number of phenols is 1. The summed E-state index contributed by atoms with van der Waals surface area (Å²) < 4.78 is 15.5. The van der Waals surface area contributed by atoms with E-state index < -0.39 is 6.29 Å². The van der Waals surface area contributed by atoms with Gasteiger partial charge in [-0.1, -0.05) is 0 Å². The van der Waals surface area contributed by atoms with Gasteiger partial charge in [0, 0.05) is 0 Å². The van der Waals surface area contributed by atoms with E-state index in [9.17, 15) is 9.90 Å². The zero-order valence-electron chi connectivity index (χ0n) is 9.73. The van der Waals surface area contributed by atoms with Gasteiger partial charge in [0.05, 0.1) is 6.61 Å². The van der Waals surface area contributed by atoms with Gasteiger partial charge in [-0.2, -0.15) is 0 Å². The number of fused-ring (bicyclic) bond motifs is 1. The van der Waals surface area contributed by atoms with Gasteiger partial charge in [0.1, 0.15) is 6.42 Å². The Bertz CT molecular complexity index is 441. The lowest BCUT2D eigenvalue weighted by Gasteiger charge is -2.08. The van der Waals surface area contributed by atoms with Gasteiger partial charge in [0.2, 0.25) is 5.75 Å². The average molecular weight is 238 g/mol. The number of carbonyl (C=O) groups excluding carboxylic acids is 1. The first kappa shape index (κ1) is 11.6. The molecule has 0 saturated heterocycles. The maximum atomic E-state index is 11.3. The summed E-state index contributed by atoms with van der Waals surface area (Å²) in [6.45, 7) is 3.89. The normalized spacial score (nSPS) is 16.9. The third kappa shape index (κ3) is 2.43. The fraction of sp³-hybridized carbons (Fsp3) is 0.417. The second-order valence-corrected chi connectivity index (χ2v) is 3.79. The molecule has 0 radical (unpaired) electrons. The van der Waals surface area contributed by atoms with Gasteiger partial charge in [-0.15, -0.1) is 0 Å². The molecule has 2 rings (SSSR count). The van der Waals surface area contributed by atoms with Crippen molar-refractivity contribution >= 4 is 5.97 Å². The first-order chi connectivity index (χ1) is 8.10. The molecule has 1 N–H and O–H groups in total. The Hall–Kier alpha value is -1.91. The van der Waals surface area contributed by atoms with E-state index in [1.54, 1.807) is 19.1 Å². The number of rotatable bonds is 3. The summed E-state index contributed by atoms with van der Waals surface area (Å²) >= 11 is 0. The molecule has 5 nitrogen and oxygen atoms in total. The fourth-order valence-corrected chi connectivity index (χ4v) is 1.66. The minimum Gasteiger partial charge on any atom is -0.504 e. The topological polar surface area (TPSA) is 65.0 Å². The Morgan fingerprint density at radius 1 is 1.47 bits per heavy atom. The molecular formula is C12H14O5. The van der Waals surface area contributed by atoms with Crippen molar-refractivity contribution in [2.75, 3.05) is 6.61 Å². The Balaban J connectivity index is 2.06. The largest absolute Gasteiger partial charge is 0.504 e. The van der Waals surface area contributed by atoms with Gasteiger partial charge in [-0.3, -0.25) is 4.79 Å². The zero-order chi connectivity index (χ0) is 12.4. The smallest absolute Gasteiger partial charge is 0.313 e. The second kappa shape index (κ2) is 4.53. The van der Waals surface area contributed by atoms with Crippen molar-refractivity contribution in [1.29, 1.82) is 0 Å². The summed E-state index contributed by atoms with van der Waals surface area (Å²) in [5, 5.41) is 9.65. The lowest BCUT2D eigenvalue weighted by Crippen LogP contribution is -2.23. The van der Waals surface area contributed by atoms with Crippen LogP contribution in [0.15, 0.2) is 12.1 Å². The number of aromatic hydroxyl groups is 1. The van der Waals surface area contributed by atoms with Gasteiger partial charge in [0.15, 0.2) is 11.5 Å². The minimum atomic E-state index is -0.725. The molecule has 0 spiro atoms. The van der Waals surface area contributed by atoms with Crippen LogP contribution in [0.5, 0.6) is 17.2 Å². The van der Waals surface area contributed by atoms with Crippen molar-refractivity contribution in [2.45, 2.75) is 26.6 Å². The SMILES string of the molecule is CCOC(=O)CC1Oc2cc(C)cc(O)c2O1. The maximum absolute atomic E-state index is 11.3. The molecule has 5 heteroatoms. The van der Waals surface area contributed by atoms with Crippen LogP contribution in [-0.2, 0) is 9.53 Å². The summed E-state index contributed by atoms with van der Waals surface area (Å²) in [7, 11) is 0. The van der Waals surface area contributed by atoms with Crippen molar-refractivity contribution in [3.63, 3.8) is 0 Å². The molecule has 0 aliphatic carbocycles. The summed E-state index contributed by atoms with van der Waals surface area (Å²) in [5.74, 6) is 0.370. The third-order valence-electron chi connectivity index (χ3n) is 2.33. The van der Waals surface area contributed by atoms with E-state index in [1.165, 1.54) is 0 Å². The molecule has 0 saturated carbocycles. The predicted molar refractivity (Wildman–Crippen MR) is 59.1 cm³/mol. The van der Waals surface area contributed by atoms with E-state index in [4.69, 9.17) is 14.2 Å². The van der Waals surface area contributed by atoms with Gasteiger partial charge in [-0.05, 0) is 31.5 Å². The number of hydrogen-bond donors (Lipinski definition) is 1. The second-order valence-electron chi connectivity index (χ2n) is 3.79. The Morgan fingerprint density at radius 3 is 2.94 bits per heavy atom. The predicted octanol–water partition coefficient (Wildman–Crippen LogP) is 1.75. The Kier molecular flexibility index (Phi) is 3.08. The molecule has 17 heavy (non-hydrogen) atoms. The van der Waals surface area contributed by atoms with Gasteiger partial charge >= 0.3 is 5.97 Å². The summed E-state index contributed by atoms with van der Waals surface area (Å²) in [6.07, 6.45) is -0.724. The number of benzene rings is 1. The summed E-state index contributed by atoms with van der Waals surface area (Å²) in [4.78, 5) is 11.3. The molecule has 0 bridgehead atoms. The third-order valence-corrected chi connectivity index (χ3v) is 2.33. The molecule has 1 atom stereocenters. The molecule has 92 valence electrons. The van der Waals surface area contributed by atoms with Crippen LogP contribution >= 0.6 is 0 Å². The van der Waals surface area contributed by atoms with Crippen molar-refractivity contribution in [2.24, 2.45) is 0 Å². The molecule has 1 heterocycles. The van der Waals surface area contributed by atoms with Gasteiger partial charge in [0.25, 0.3) is 6.29 Å². The fourth-order valence-electron chi connectivity index (χ4n) is 1.66. The van der Waals surface area contributed by atoms with Crippen molar-refractivity contribution in [1.82, 2.24) is 0 Å². The molecule has 1 aromatic carbocycles. The number of hydrogen-bond acceptors (Lipinski definition) is 5. The Morgan fingerprint density at radius 2 is 2.24 bits per heavy atom. The van der Waals surface area contributed by atoms with Gasteiger partial charge < -0.3 is 19.3 Å². The lowest BCUT2D eigenvalue weighted by atomic mass is 10.2. The highest BCUT2D eigenvalue weighted by molar-refractivity contribution is 5.70. The standard InChI is InChI=1S/C12H14O5/c1-3-15-10(14)6-11-16-9-5-7(2)4-8(13)12(9)17-11/h4-5,11,13H,3,6H2,1-2H3. The highest BCUT2D eigenvalue weighted by atomic mass is 16.7. The van der Waals surface area contributed by atoms with E-state index in [1.807, 2.05) is 6.92 Å². The molecule has 0 amide bonds. The molecule has 0 aromatic heterocycles. The van der Waals surface area contributed by atoms with E-state index in [0.29, 0.717) is 12.4 Å². The first-order valence-electron chi connectivity index (χ1n) is 5.42. The van der Waals surface area contributed by atoms with Crippen LogP contribution in [0.4, 0.5) is 0 Å². The number of aryl methyl sites for hydroxylation is 1. The first-order valence-corrected chi connectivity index (χ1v) is 5.42. The van der Waals surface area contributed by atoms with Crippen LogP contribution in [0.25, 0.3) is 0 Å². The van der Waals surface area contributed by atoms with Gasteiger partial charge in [-0.25, -0.2) is 0 Å². The quantitative estimate of drug-likeness (QED) is 0.813. The molecule has 1 aliphatic heterocycles. The van der Waals surface area contributed by atoms with Crippen LogP contribution in [0.3, 0.4) is 0 Å². The number of ether oxygens (including phenoxy) is 3. The van der Waals surface area contributed by atoms with Crippen LogP contribution in [0, 0.1) is 6.92 Å². The highest BCUT2D eigenvalue weighted by Crippen LogP contribution is 2.43. The molecule has 1 aliphatic rings. The average Bonchev–Trinajstić information content (AvgIpc) is 2.60. The highest BCUT2D eigenvalue weighted by Gasteiger charge is 2.29. The summed E-state index contributed by atoms with van der Waals surface area (Å²) in [6, 6.07) is 3.33. The van der Waals surface area contributed by atoms with Crippen LogP contribution in [0.1, 0.15) is 18.9 Å². The molecular weight excluding hydrogens is 224 g/mol.